The number of ether oxygens (including phenoxy) is 1. The third-order valence-electron chi connectivity index (χ3n) is 5.11. The summed E-state index contributed by atoms with van der Waals surface area (Å²) in [6.07, 6.45) is 1.96. The van der Waals surface area contributed by atoms with Crippen LogP contribution in [0.25, 0.3) is 0 Å². The number of carboxylic acids is 1. The summed E-state index contributed by atoms with van der Waals surface area (Å²) in [5.41, 5.74) is -1.11. The maximum Gasteiger partial charge on any atom is 0.328 e. The Morgan fingerprint density at radius 2 is 1.96 bits per heavy atom. The highest BCUT2D eigenvalue weighted by Crippen LogP contribution is 2.38. The van der Waals surface area contributed by atoms with E-state index in [0.29, 0.717) is 25.9 Å². The lowest BCUT2D eigenvalue weighted by Gasteiger charge is -2.44. The molecule has 2 aliphatic heterocycles. The van der Waals surface area contributed by atoms with Crippen molar-refractivity contribution in [2.45, 2.75) is 38.0 Å². The molecule has 142 valence electrons. The van der Waals surface area contributed by atoms with Gasteiger partial charge in [0.2, 0.25) is 0 Å². The van der Waals surface area contributed by atoms with Gasteiger partial charge in [0.05, 0.1) is 6.61 Å². The molecule has 1 aromatic rings. The molecular weight excluding hydrogens is 346 g/mol. The van der Waals surface area contributed by atoms with Gasteiger partial charge >= 0.3 is 5.97 Å². The zero-order valence-corrected chi connectivity index (χ0v) is 14.6. The van der Waals surface area contributed by atoms with E-state index >= 15 is 0 Å². The summed E-state index contributed by atoms with van der Waals surface area (Å²) in [5.74, 6) is -4.03. The smallest absolute Gasteiger partial charge is 0.328 e. The van der Waals surface area contributed by atoms with Crippen LogP contribution in [0.15, 0.2) is 18.2 Å². The second kappa shape index (κ2) is 7.28. The second-order valence-electron chi connectivity index (χ2n) is 6.76. The Balaban J connectivity index is 1.89. The molecule has 0 saturated carbocycles. The van der Waals surface area contributed by atoms with Crippen molar-refractivity contribution in [3.8, 4) is 0 Å². The minimum absolute atomic E-state index is 0.0870. The van der Waals surface area contributed by atoms with Crippen molar-refractivity contribution in [1.29, 1.82) is 0 Å². The summed E-state index contributed by atoms with van der Waals surface area (Å²) in [4.78, 5) is 28.1. The van der Waals surface area contributed by atoms with E-state index in [0.717, 1.165) is 31.2 Å². The Morgan fingerprint density at radius 3 is 2.54 bits per heavy atom. The molecule has 0 aliphatic carbocycles. The van der Waals surface area contributed by atoms with Crippen molar-refractivity contribution in [2.24, 2.45) is 0 Å². The lowest BCUT2D eigenvalue weighted by Crippen LogP contribution is -2.58. The SMILES string of the molecule is CCCN1CCC2(CC1)OC[C@@H](C(=O)O)N2C(=O)c1ccc(F)c(F)c1. The second-order valence-corrected chi connectivity index (χ2v) is 6.76. The number of rotatable bonds is 4. The van der Waals surface area contributed by atoms with Crippen LogP contribution < -0.4 is 0 Å². The Morgan fingerprint density at radius 1 is 1.27 bits per heavy atom. The van der Waals surface area contributed by atoms with Crippen LogP contribution in [0, 0.1) is 11.6 Å². The van der Waals surface area contributed by atoms with Gasteiger partial charge in [0, 0.05) is 31.5 Å². The van der Waals surface area contributed by atoms with Crippen LogP contribution in [0.1, 0.15) is 36.5 Å². The number of hydrogen-bond donors (Lipinski definition) is 1. The van der Waals surface area contributed by atoms with Gasteiger partial charge in [-0.15, -0.1) is 0 Å². The van der Waals surface area contributed by atoms with Crippen LogP contribution >= 0.6 is 0 Å². The maximum absolute atomic E-state index is 13.6. The lowest BCUT2D eigenvalue weighted by atomic mass is 9.96. The van der Waals surface area contributed by atoms with Crippen molar-refractivity contribution >= 4 is 11.9 Å². The number of nitrogens with zero attached hydrogens (tertiary/aromatic N) is 2. The minimum Gasteiger partial charge on any atom is -0.480 e. The molecule has 1 aromatic carbocycles. The molecule has 0 aromatic heterocycles. The molecule has 1 atom stereocenters. The van der Waals surface area contributed by atoms with Gasteiger partial charge in [-0.3, -0.25) is 9.69 Å². The van der Waals surface area contributed by atoms with Gasteiger partial charge < -0.3 is 14.7 Å². The molecule has 26 heavy (non-hydrogen) atoms. The highest BCUT2D eigenvalue weighted by molar-refractivity contribution is 5.97. The average molecular weight is 368 g/mol. The maximum atomic E-state index is 13.6. The number of carbonyl (C=O) groups excluding carboxylic acids is 1. The number of likely N-dealkylation sites (tertiary alicyclic amines) is 1. The number of carboxylic acid groups (broad SMARTS) is 1. The van der Waals surface area contributed by atoms with E-state index < -0.39 is 35.3 Å². The first-order valence-corrected chi connectivity index (χ1v) is 8.76. The van der Waals surface area contributed by atoms with Crippen molar-refractivity contribution in [3.05, 3.63) is 35.4 Å². The fourth-order valence-corrected chi connectivity index (χ4v) is 3.77. The standard InChI is InChI=1S/C18H22F2N2O4/c1-2-7-21-8-5-18(6-9-21)22(15(11-26-18)17(24)25)16(23)12-3-4-13(19)14(20)10-12/h3-4,10,15H,2,5-9,11H2,1H3,(H,24,25)/t15-/m0/s1. The van der Waals surface area contributed by atoms with Crippen LogP contribution in [0.5, 0.6) is 0 Å². The van der Waals surface area contributed by atoms with E-state index in [1.165, 1.54) is 4.90 Å². The first-order valence-electron chi connectivity index (χ1n) is 8.76. The largest absolute Gasteiger partial charge is 0.480 e. The monoisotopic (exact) mass is 368 g/mol. The number of aliphatic carboxylic acids is 1. The van der Waals surface area contributed by atoms with E-state index in [2.05, 4.69) is 11.8 Å². The summed E-state index contributed by atoms with van der Waals surface area (Å²) in [5, 5.41) is 9.51. The van der Waals surface area contributed by atoms with Gasteiger partial charge in [0.25, 0.3) is 5.91 Å². The van der Waals surface area contributed by atoms with Crippen LogP contribution in [-0.4, -0.2) is 64.8 Å². The van der Waals surface area contributed by atoms with E-state index in [-0.39, 0.29) is 12.2 Å². The molecule has 1 amide bonds. The van der Waals surface area contributed by atoms with Gasteiger partial charge in [-0.2, -0.15) is 0 Å². The topological polar surface area (TPSA) is 70.1 Å². The minimum atomic E-state index is -1.17. The third-order valence-corrected chi connectivity index (χ3v) is 5.11. The molecule has 0 bridgehead atoms. The van der Waals surface area contributed by atoms with Crippen LogP contribution in [0.4, 0.5) is 8.78 Å². The third kappa shape index (κ3) is 3.31. The molecule has 2 aliphatic rings. The van der Waals surface area contributed by atoms with Gasteiger partial charge in [-0.1, -0.05) is 6.92 Å². The van der Waals surface area contributed by atoms with Crippen LogP contribution in [0.2, 0.25) is 0 Å². The summed E-state index contributed by atoms with van der Waals surface area (Å²) in [6, 6.07) is 1.69. The summed E-state index contributed by atoms with van der Waals surface area (Å²) >= 11 is 0. The summed E-state index contributed by atoms with van der Waals surface area (Å²) in [6.45, 7) is 4.26. The fraction of sp³-hybridized carbons (Fsp3) is 0.556. The van der Waals surface area contributed by atoms with Crippen molar-refractivity contribution in [3.63, 3.8) is 0 Å². The fourth-order valence-electron chi connectivity index (χ4n) is 3.77. The molecular formula is C18H22F2N2O4. The Kier molecular flexibility index (Phi) is 5.24. The van der Waals surface area contributed by atoms with Crippen molar-refractivity contribution in [1.82, 2.24) is 9.80 Å². The summed E-state index contributed by atoms with van der Waals surface area (Å²) < 4.78 is 32.6. The molecule has 1 N–H and O–H groups in total. The van der Waals surface area contributed by atoms with Crippen molar-refractivity contribution < 1.29 is 28.2 Å². The van der Waals surface area contributed by atoms with Crippen LogP contribution in [-0.2, 0) is 9.53 Å². The predicted octanol–water partition coefficient (Wildman–Crippen LogP) is 2.09. The van der Waals surface area contributed by atoms with E-state index in [1.807, 2.05) is 0 Å². The Labute approximate surface area is 150 Å². The highest BCUT2D eigenvalue weighted by Gasteiger charge is 2.54. The highest BCUT2D eigenvalue weighted by atomic mass is 19.2. The van der Waals surface area contributed by atoms with E-state index in [4.69, 9.17) is 4.74 Å². The molecule has 0 unspecified atom stereocenters. The van der Waals surface area contributed by atoms with Gasteiger partial charge in [0.1, 0.15) is 5.72 Å². The number of amides is 1. The van der Waals surface area contributed by atoms with E-state index in [9.17, 15) is 23.5 Å². The Bertz CT molecular complexity index is 704. The first-order chi connectivity index (χ1) is 12.4. The number of hydrogen-bond acceptors (Lipinski definition) is 4. The molecule has 6 nitrogen and oxygen atoms in total. The molecule has 3 rings (SSSR count). The van der Waals surface area contributed by atoms with Gasteiger partial charge in [-0.25, -0.2) is 13.6 Å². The molecule has 0 radical (unpaired) electrons. The summed E-state index contributed by atoms with van der Waals surface area (Å²) in [7, 11) is 0. The quantitative estimate of drug-likeness (QED) is 0.881. The average Bonchev–Trinajstić information content (AvgIpc) is 2.98. The number of piperidine rings is 1. The van der Waals surface area contributed by atoms with Crippen molar-refractivity contribution in [2.75, 3.05) is 26.2 Å². The zero-order valence-electron chi connectivity index (χ0n) is 14.6. The van der Waals surface area contributed by atoms with Gasteiger partial charge in [-0.05, 0) is 31.2 Å². The number of carbonyl (C=O) groups is 2. The lowest BCUT2D eigenvalue weighted by molar-refractivity contribution is -0.143. The number of benzene rings is 1. The normalized spacial score (nSPS) is 22.7. The molecule has 2 saturated heterocycles. The van der Waals surface area contributed by atoms with Gasteiger partial charge in [0.15, 0.2) is 17.7 Å². The zero-order chi connectivity index (χ0) is 18.9. The van der Waals surface area contributed by atoms with Crippen LogP contribution in [0.3, 0.4) is 0 Å². The molecule has 2 heterocycles. The number of halogens is 2. The molecule has 2 fully saturated rings. The van der Waals surface area contributed by atoms with E-state index in [1.54, 1.807) is 0 Å². The molecule has 8 heteroatoms. The Hall–Kier alpha value is -2.06. The predicted molar refractivity (Wildman–Crippen MR) is 88.6 cm³/mol. The molecule has 1 spiro atoms. The first kappa shape index (κ1) is 18.7.